The number of carboxylic acid groups (broad SMARTS) is 1. The van der Waals surface area contributed by atoms with Gasteiger partial charge in [-0.05, 0) is 97.2 Å². The Hall–Kier alpha value is -4.93. The van der Waals surface area contributed by atoms with Crippen LogP contribution in [0.25, 0.3) is 5.69 Å². The molecule has 4 amide bonds. The Labute approximate surface area is 333 Å². The summed E-state index contributed by atoms with van der Waals surface area (Å²) in [6, 6.07) is 21.7. The zero-order valence-corrected chi connectivity index (χ0v) is 32.1. The van der Waals surface area contributed by atoms with E-state index in [2.05, 4.69) is 25.7 Å². The number of carbonyl (C=O) groups is 4. The number of rotatable bonds is 9. The summed E-state index contributed by atoms with van der Waals surface area (Å²) in [4.78, 5) is 60.1. The highest BCUT2D eigenvalue weighted by Crippen LogP contribution is 2.42. The number of urea groups is 1. The topological polar surface area (TPSA) is 160 Å². The van der Waals surface area contributed by atoms with Gasteiger partial charge in [-0.3, -0.25) is 19.8 Å². The maximum atomic E-state index is 14.3. The number of imide groups is 1. The number of hydrazine groups is 1. The lowest BCUT2D eigenvalue weighted by molar-refractivity contribution is -0.190. The molecule has 15 nitrogen and oxygen atoms in total. The predicted molar refractivity (Wildman–Crippen MR) is 206 cm³/mol. The van der Waals surface area contributed by atoms with Crippen molar-refractivity contribution in [3.63, 3.8) is 0 Å². The van der Waals surface area contributed by atoms with Crippen LogP contribution in [-0.2, 0) is 20.4 Å². The van der Waals surface area contributed by atoms with Gasteiger partial charge < -0.3 is 14.9 Å². The SMILES string of the molecule is O=C(O)C1N2CCN(CC2)N1C(=O)NC(=O)C1(c2ccccc2)CCN(CCC2(c3ccc(Cl)c(Cl)c3)CCN(C(=O)c3cccc(-n4cnnn4)c3)C2)CC1. The molecular weight excluding hydrogens is 759 g/mol. The number of tetrazole rings is 1. The van der Waals surface area contributed by atoms with Crippen LogP contribution in [0.1, 0.15) is 47.2 Å². The number of halogens is 2. The molecule has 1 aromatic heterocycles. The van der Waals surface area contributed by atoms with Crippen molar-refractivity contribution in [2.75, 3.05) is 58.9 Å². The molecular formula is C39H42Cl2N10O5. The molecule has 9 rings (SSSR count). The van der Waals surface area contributed by atoms with Gasteiger partial charge in [0.15, 0.2) is 0 Å². The Morgan fingerprint density at radius 2 is 1.59 bits per heavy atom. The van der Waals surface area contributed by atoms with Gasteiger partial charge in [-0.15, -0.1) is 5.10 Å². The van der Waals surface area contributed by atoms with Crippen molar-refractivity contribution in [3.05, 3.63) is 106 Å². The molecule has 2 atom stereocenters. The zero-order chi connectivity index (χ0) is 39.0. The molecule has 5 saturated heterocycles. The number of likely N-dealkylation sites (tertiary alicyclic amines) is 2. The van der Waals surface area contributed by atoms with Crippen molar-refractivity contribution < 1.29 is 24.3 Å². The fourth-order valence-electron chi connectivity index (χ4n) is 8.89. The standard InChI is InChI=1S/C39H42Cl2N10O5/c40-31-10-9-29(24-32(31)41)38(12-18-48(25-38)34(52)27-5-4-8-30(23-27)50-26-42-44-45-50)11-15-46-16-13-39(14-17-46,28-6-2-1-3-7-28)36(55)43-37(56)51-33(35(53)54)47-19-21-49(51)22-20-47/h1-10,23-24,26,33H,11-22,25H2,(H,53,54)(H,43,55,56). The Kier molecular flexibility index (Phi) is 10.5. The number of hydrogen-bond acceptors (Lipinski definition) is 10. The first-order valence-corrected chi connectivity index (χ1v) is 19.6. The van der Waals surface area contributed by atoms with Crippen LogP contribution in [0.3, 0.4) is 0 Å². The van der Waals surface area contributed by atoms with Crippen LogP contribution in [0.4, 0.5) is 4.79 Å². The van der Waals surface area contributed by atoms with E-state index in [1.165, 1.54) is 16.0 Å². The minimum absolute atomic E-state index is 0.0888. The van der Waals surface area contributed by atoms with Crippen LogP contribution in [-0.4, -0.2) is 139 Å². The quantitative estimate of drug-likeness (QED) is 0.254. The number of carboxylic acids is 1. The molecule has 2 N–H and O–H groups in total. The molecule has 17 heteroatoms. The molecule has 5 aliphatic rings. The van der Waals surface area contributed by atoms with Crippen LogP contribution >= 0.6 is 23.2 Å². The molecule has 56 heavy (non-hydrogen) atoms. The Morgan fingerprint density at radius 3 is 2.29 bits per heavy atom. The van der Waals surface area contributed by atoms with E-state index in [-0.39, 0.29) is 5.91 Å². The number of carbonyl (C=O) groups excluding carboxylic acids is 3. The second-order valence-corrected chi connectivity index (χ2v) is 15.9. The van der Waals surface area contributed by atoms with Crippen LogP contribution in [0.5, 0.6) is 0 Å². The van der Waals surface area contributed by atoms with Crippen molar-refractivity contribution in [2.45, 2.75) is 42.7 Å². The molecule has 0 radical (unpaired) electrons. The van der Waals surface area contributed by atoms with Crippen LogP contribution in [0, 0.1) is 0 Å². The van der Waals surface area contributed by atoms with Crippen LogP contribution < -0.4 is 5.32 Å². The maximum Gasteiger partial charge on any atom is 0.343 e. The Morgan fingerprint density at radius 1 is 0.821 bits per heavy atom. The highest BCUT2D eigenvalue weighted by Gasteiger charge is 2.49. The third kappa shape index (κ3) is 7.13. The lowest BCUT2D eigenvalue weighted by Crippen LogP contribution is -2.74. The van der Waals surface area contributed by atoms with Gasteiger partial charge in [-0.1, -0.05) is 65.7 Å². The molecule has 0 aliphatic carbocycles. The Balaban J connectivity index is 0.983. The number of nitrogens with one attached hydrogen (secondary N) is 1. The fourth-order valence-corrected chi connectivity index (χ4v) is 9.19. The van der Waals surface area contributed by atoms with Crippen molar-refractivity contribution in [1.29, 1.82) is 0 Å². The highest BCUT2D eigenvalue weighted by molar-refractivity contribution is 6.42. The smallest absolute Gasteiger partial charge is 0.343 e. The van der Waals surface area contributed by atoms with Gasteiger partial charge in [0, 0.05) is 50.2 Å². The number of piperidine rings is 1. The lowest BCUT2D eigenvalue weighted by Gasteiger charge is -2.52. The minimum atomic E-state index is -1.16. The van der Waals surface area contributed by atoms with Crippen LogP contribution in [0.2, 0.25) is 10.0 Å². The van der Waals surface area contributed by atoms with E-state index < -0.39 is 34.9 Å². The van der Waals surface area contributed by atoms with Crippen molar-refractivity contribution in [2.24, 2.45) is 0 Å². The average molecular weight is 802 g/mol. The van der Waals surface area contributed by atoms with Gasteiger partial charge in [0.2, 0.25) is 12.1 Å². The normalized spacial score (nSPS) is 24.6. The molecule has 292 valence electrons. The van der Waals surface area contributed by atoms with Gasteiger partial charge in [0.1, 0.15) is 6.33 Å². The van der Waals surface area contributed by atoms with Crippen LogP contribution in [0.15, 0.2) is 79.1 Å². The lowest BCUT2D eigenvalue weighted by atomic mass is 9.71. The van der Waals surface area contributed by atoms with E-state index in [0.717, 1.165) is 24.0 Å². The van der Waals surface area contributed by atoms with E-state index in [4.69, 9.17) is 23.2 Å². The average Bonchev–Trinajstić information content (AvgIpc) is 3.94. The second-order valence-electron chi connectivity index (χ2n) is 15.0. The number of piperazine rings is 1. The second kappa shape index (κ2) is 15.5. The van der Waals surface area contributed by atoms with Gasteiger partial charge >= 0.3 is 12.0 Å². The summed E-state index contributed by atoms with van der Waals surface area (Å²) in [7, 11) is 0. The third-order valence-corrected chi connectivity index (χ3v) is 12.8. The third-order valence-electron chi connectivity index (χ3n) is 12.1. The summed E-state index contributed by atoms with van der Waals surface area (Å²) in [6.07, 6.45) is 2.67. The minimum Gasteiger partial charge on any atom is -0.479 e. The number of aromatic nitrogens is 4. The number of amides is 4. The maximum absolute atomic E-state index is 14.3. The van der Waals surface area contributed by atoms with E-state index in [9.17, 15) is 24.3 Å². The molecule has 3 aromatic carbocycles. The number of fused-ring (bicyclic) bond motifs is 3. The predicted octanol–water partition coefficient (Wildman–Crippen LogP) is 3.67. The first-order chi connectivity index (χ1) is 27.1. The summed E-state index contributed by atoms with van der Waals surface area (Å²) in [5.41, 5.74) is 1.64. The van der Waals surface area contributed by atoms with Gasteiger partial charge in [0.05, 0.1) is 21.1 Å². The van der Waals surface area contributed by atoms with E-state index in [1.54, 1.807) is 28.1 Å². The molecule has 0 spiro atoms. The summed E-state index contributed by atoms with van der Waals surface area (Å²) in [5, 5.41) is 27.8. The number of aliphatic carboxylic acids is 1. The molecule has 2 bridgehead atoms. The zero-order valence-electron chi connectivity index (χ0n) is 30.6. The monoisotopic (exact) mass is 800 g/mol. The number of nitrogens with zero attached hydrogens (tertiary/aromatic N) is 9. The van der Waals surface area contributed by atoms with Crippen molar-refractivity contribution >= 4 is 47.0 Å². The largest absolute Gasteiger partial charge is 0.479 e. The highest BCUT2D eigenvalue weighted by atomic mass is 35.5. The molecule has 5 aliphatic heterocycles. The summed E-state index contributed by atoms with van der Waals surface area (Å²) >= 11 is 12.9. The summed E-state index contributed by atoms with van der Waals surface area (Å²) in [6.45, 7) is 4.99. The van der Waals surface area contributed by atoms with E-state index in [0.29, 0.717) is 93.0 Å². The van der Waals surface area contributed by atoms with E-state index in [1.807, 2.05) is 59.5 Å². The van der Waals surface area contributed by atoms with E-state index >= 15 is 0 Å². The summed E-state index contributed by atoms with van der Waals surface area (Å²) in [5.74, 6) is -1.66. The van der Waals surface area contributed by atoms with Gasteiger partial charge in [-0.25, -0.2) is 24.3 Å². The molecule has 5 fully saturated rings. The molecule has 6 heterocycles. The molecule has 4 aromatic rings. The Bertz CT molecular complexity index is 2110. The number of hydrogen-bond donors (Lipinski definition) is 2. The first-order valence-electron chi connectivity index (χ1n) is 18.8. The molecule has 2 unspecified atom stereocenters. The van der Waals surface area contributed by atoms with Gasteiger partial charge in [-0.2, -0.15) is 0 Å². The summed E-state index contributed by atoms with van der Waals surface area (Å²) < 4.78 is 1.51. The first kappa shape index (κ1) is 38.0. The number of benzene rings is 3. The van der Waals surface area contributed by atoms with Crippen molar-refractivity contribution in [3.8, 4) is 5.69 Å². The van der Waals surface area contributed by atoms with Gasteiger partial charge in [0.25, 0.3) is 5.91 Å². The van der Waals surface area contributed by atoms with Crippen molar-refractivity contribution in [1.82, 2.24) is 50.2 Å². The fraction of sp³-hybridized carbons (Fsp3) is 0.410. The molecule has 0 saturated carbocycles.